The number of carbonyl (C=O) groups is 2. The smallest absolute Gasteiger partial charge is 0.278 e. The first kappa shape index (κ1) is 20.5. The second-order valence-corrected chi connectivity index (χ2v) is 7.30. The highest BCUT2D eigenvalue weighted by molar-refractivity contribution is 5.97. The van der Waals surface area contributed by atoms with Crippen LogP contribution < -0.4 is 10.3 Å². The van der Waals surface area contributed by atoms with Crippen LogP contribution in [0.15, 0.2) is 53.3 Å². The number of carbonyl (C=O) groups excluding carboxylic acids is 2. The van der Waals surface area contributed by atoms with E-state index in [1.54, 1.807) is 52.3 Å². The molecule has 0 atom stereocenters. The molecule has 4 rings (SSSR count). The van der Waals surface area contributed by atoms with Gasteiger partial charge in [-0.3, -0.25) is 14.4 Å². The molecule has 1 aliphatic heterocycles. The lowest BCUT2D eigenvalue weighted by Gasteiger charge is -2.23. The first-order chi connectivity index (χ1) is 15.1. The standard InChI is InChI=1S/C22H23N5O4/c1-31-19-10-5-3-8-17(19)21(29)26-12-6-11-25(13-14-26)20(28)15-27-22(30)16-7-2-4-9-18(16)23-24-27/h2-5,7-10H,6,11-15H2,1H3. The first-order valence-corrected chi connectivity index (χ1v) is 10.1. The molecule has 3 aromatic rings. The summed E-state index contributed by atoms with van der Waals surface area (Å²) in [5, 5.41) is 8.34. The van der Waals surface area contributed by atoms with E-state index in [2.05, 4.69) is 10.3 Å². The highest BCUT2D eigenvalue weighted by atomic mass is 16.5. The first-order valence-electron chi connectivity index (χ1n) is 10.1. The molecule has 1 aromatic heterocycles. The Morgan fingerprint density at radius 2 is 1.68 bits per heavy atom. The molecule has 1 aliphatic rings. The van der Waals surface area contributed by atoms with E-state index in [9.17, 15) is 14.4 Å². The maximum Gasteiger partial charge on any atom is 0.278 e. The zero-order valence-electron chi connectivity index (χ0n) is 17.2. The van der Waals surface area contributed by atoms with E-state index < -0.39 is 0 Å². The third-order valence-electron chi connectivity index (χ3n) is 5.39. The van der Waals surface area contributed by atoms with Crippen LogP contribution in [0.4, 0.5) is 0 Å². The summed E-state index contributed by atoms with van der Waals surface area (Å²) in [5.74, 6) is 0.181. The van der Waals surface area contributed by atoms with Crippen molar-refractivity contribution < 1.29 is 14.3 Å². The average Bonchev–Trinajstić information content (AvgIpc) is 3.07. The quantitative estimate of drug-likeness (QED) is 0.627. The predicted molar refractivity (Wildman–Crippen MR) is 114 cm³/mol. The van der Waals surface area contributed by atoms with Crippen LogP contribution in [0.25, 0.3) is 10.9 Å². The Morgan fingerprint density at radius 3 is 2.52 bits per heavy atom. The van der Waals surface area contributed by atoms with Crippen LogP contribution in [-0.2, 0) is 11.3 Å². The largest absolute Gasteiger partial charge is 0.496 e. The molecule has 31 heavy (non-hydrogen) atoms. The van der Waals surface area contributed by atoms with Crippen LogP contribution in [0.3, 0.4) is 0 Å². The topological polar surface area (TPSA) is 97.6 Å². The Balaban J connectivity index is 1.44. The molecule has 9 heteroatoms. The van der Waals surface area contributed by atoms with Crippen LogP contribution in [0.2, 0.25) is 0 Å². The van der Waals surface area contributed by atoms with Gasteiger partial charge in [-0.2, -0.15) is 0 Å². The van der Waals surface area contributed by atoms with Crippen LogP contribution >= 0.6 is 0 Å². The molecule has 1 saturated heterocycles. The van der Waals surface area contributed by atoms with Crippen LogP contribution in [0.1, 0.15) is 16.8 Å². The summed E-state index contributed by atoms with van der Waals surface area (Å²) in [6.07, 6.45) is 0.644. The summed E-state index contributed by atoms with van der Waals surface area (Å²) in [4.78, 5) is 41.8. The second kappa shape index (κ2) is 8.95. The molecule has 160 valence electrons. The Morgan fingerprint density at radius 1 is 0.968 bits per heavy atom. The molecule has 2 heterocycles. The van der Waals surface area contributed by atoms with Crippen molar-refractivity contribution in [2.75, 3.05) is 33.3 Å². The maximum atomic E-state index is 12.9. The highest BCUT2D eigenvalue weighted by Crippen LogP contribution is 2.20. The van der Waals surface area contributed by atoms with Gasteiger partial charge in [0.15, 0.2) is 0 Å². The molecule has 0 spiro atoms. The Bertz CT molecular complexity index is 1180. The normalized spacial score (nSPS) is 14.4. The summed E-state index contributed by atoms with van der Waals surface area (Å²) in [6.45, 7) is 1.65. The zero-order valence-corrected chi connectivity index (χ0v) is 17.2. The number of nitrogens with zero attached hydrogens (tertiary/aromatic N) is 5. The summed E-state index contributed by atoms with van der Waals surface area (Å²) in [5.41, 5.74) is 0.654. The Kier molecular flexibility index (Phi) is 5.92. The van der Waals surface area contributed by atoms with Crippen LogP contribution in [0.5, 0.6) is 5.75 Å². The fourth-order valence-corrected chi connectivity index (χ4v) is 3.72. The molecule has 0 unspecified atom stereocenters. The molecular formula is C22H23N5O4. The number of para-hydroxylation sites is 1. The van der Waals surface area contributed by atoms with Gasteiger partial charge in [0.2, 0.25) is 5.91 Å². The van der Waals surface area contributed by atoms with Gasteiger partial charge in [0, 0.05) is 26.2 Å². The summed E-state index contributed by atoms with van der Waals surface area (Å²) < 4.78 is 6.39. The van der Waals surface area contributed by atoms with E-state index in [1.807, 2.05) is 6.07 Å². The SMILES string of the molecule is COc1ccccc1C(=O)N1CCCN(C(=O)Cn2nnc3ccccc3c2=O)CC1. The minimum absolute atomic E-state index is 0.122. The average molecular weight is 421 g/mol. The molecular weight excluding hydrogens is 398 g/mol. The lowest BCUT2D eigenvalue weighted by atomic mass is 10.1. The number of ether oxygens (including phenoxy) is 1. The zero-order chi connectivity index (χ0) is 21.8. The number of hydrogen-bond acceptors (Lipinski definition) is 6. The fourth-order valence-electron chi connectivity index (χ4n) is 3.72. The van der Waals surface area contributed by atoms with E-state index in [-0.39, 0.29) is 23.9 Å². The van der Waals surface area contributed by atoms with Crippen LogP contribution in [0, 0.1) is 0 Å². The van der Waals surface area contributed by atoms with Gasteiger partial charge in [0.05, 0.1) is 18.1 Å². The number of fused-ring (bicyclic) bond motifs is 1. The van der Waals surface area contributed by atoms with E-state index in [0.717, 1.165) is 4.68 Å². The number of methoxy groups -OCH3 is 1. The van der Waals surface area contributed by atoms with E-state index in [4.69, 9.17) is 4.74 Å². The van der Waals surface area contributed by atoms with Gasteiger partial charge < -0.3 is 14.5 Å². The third kappa shape index (κ3) is 4.25. The molecule has 0 saturated carbocycles. The molecule has 0 bridgehead atoms. The van der Waals surface area contributed by atoms with E-state index >= 15 is 0 Å². The van der Waals surface area contributed by atoms with Crippen molar-refractivity contribution in [3.05, 3.63) is 64.4 Å². The lowest BCUT2D eigenvalue weighted by Crippen LogP contribution is -2.40. The van der Waals surface area contributed by atoms with Gasteiger partial charge >= 0.3 is 0 Å². The number of rotatable bonds is 4. The number of amides is 2. The van der Waals surface area contributed by atoms with Crippen molar-refractivity contribution in [2.24, 2.45) is 0 Å². The van der Waals surface area contributed by atoms with Gasteiger partial charge in [-0.05, 0) is 30.7 Å². The highest BCUT2D eigenvalue weighted by Gasteiger charge is 2.25. The predicted octanol–water partition coefficient (Wildman–Crippen LogP) is 1.17. The molecule has 1 fully saturated rings. The monoisotopic (exact) mass is 421 g/mol. The minimum atomic E-state index is -0.346. The van der Waals surface area contributed by atoms with Crippen molar-refractivity contribution in [3.8, 4) is 5.75 Å². The summed E-state index contributed by atoms with van der Waals surface area (Å²) >= 11 is 0. The van der Waals surface area contributed by atoms with Crippen molar-refractivity contribution in [2.45, 2.75) is 13.0 Å². The molecule has 0 radical (unpaired) electrons. The number of hydrogen-bond donors (Lipinski definition) is 0. The van der Waals surface area contributed by atoms with Crippen LogP contribution in [-0.4, -0.2) is 69.9 Å². The Hall–Kier alpha value is -3.75. The van der Waals surface area contributed by atoms with Gasteiger partial charge in [-0.15, -0.1) is 5.10 Å². The minimum Gasteiger partial charge on any atom is -0.496 e. The van der Waals surface area contributed by atoms with Crippen molar-refractivity contribution in [3.63, 3.8) is 0 Å². The van der Waals surface area contributed by atoms with Gasteiger partial charge in [-0.1, -0.05) is 29.5 Å². The summed E-state index contributed by atoms with van der Waals surface area (Å²) in [7, 11) is 1.53. The second-order valence-electron chi connectivity index (χ2n) is 7.30. The molecule has 0 N–H and O–H groups in total. The van der Waals surface area contributed by atoms with Gasteiger partial charge in [0.1, 0.15) is 17.8 Å². The number of benzene rings is 2. The fraction of sp³-hybridized carbons (Fsp3) is 0.318. The molecule has 2 aromatic carbocycles. The van der Waals surface area contributed by atoms with Gasteiger partial charge in [-0.25, -0.2) is 4.68 Å². The van der Waals surface area contributed by atoms with Crippen molar-refractivity contribution in [1.82, 2.24) is 24.8 Å². The van der Waals surface area contributed by atoms with Crippen molar-refractivity contribution >= 4 is 22.7 Å². The number of aromatic nitrogens is 3. The molecule has 0 aliphatic carbocycles. The van der Waals surface area contributed by atoms with E-state index in [1.165, 1.54) is 7.11 Å². The summed E-state index contributed by atoms with van der Waals surface area (Å²) in [6, 6.07) is 14.0. The molecule has 9 nitrogen and oxygen atoms in total. The molecule has 2 amide bonds. The van der Waals surface area contributed by atoms with Crippen molar-refractivity contribution in [1.29, 1.82) is 0 Å². The third-order valence-corrected chi connectivity index (χ3v) is 5.39. The lowest BCUT2D eigenvalue weighted by molar-refractivity contribution is -0.132. The van der Waals surface area contributed by atoms with E-state index in [0.29, 0.717) is 54.8 Å². The van der Waals surface area contributed by atoms with Gasteiger partial charge in [0.25, 0.3) is 11.5 Å². The Labute approximate surface area is 178 Å². The maximum absolute atomic E-state index is 12.9.